The third-order valence-corrected chi connectivity index (χ3v) is 15.9. The van der Waals surface area contributed by atoms with Crippen molar-refractivity contribution in [2.75, 3.05) is 32.7 Å². The van der Waals surface area contributed by atoms with Crippen LogP contribution in [0.2, 0.25) is 0 Å². The molecule has 7 atom stereocenters. The third-order valence-electron chi connectivity index (χ3n) is 12.6. The Balaban J connectivity index is 1.44. The maximum atomic E-state index is 14.8. The molecule has 0 spiro atoms. The maximum Gasteiger partial charge on any atom is 0.426 e. The van der Waals surface area contributed by atoms with Gasteiger partial charge in [-0.3, -0.25) is 34.3 Å². The summed E-state index contributed by atoms with van der Waals surface area (Å²) in [5, 5.41) is 16.2. The van der Waals surface area contributed by atoms with Crippen LogP contribution in [0, 0.1) is 23.7 Å². The maximum absolute atomic E-state index is 14.8. The van der Waals surface area contributed by atoms with E-state index in [9.17, 15) is 33.9 Å². The molecule has 4 N–H and O–H groups in total. The van der Waals surface area contributed by atoms with Crippen LogP contribution in [-0.2, 0) is 35.1 Å². The van der Waals surface area contributed by atoms with Crippen molar-refractivity contribution >= 4 is 68.5 Å². The summed E-state index contributed by atoms with van der Waals surface area (Å²) < 4.78 is 10.9. The number of hydrogen-bond donors (Lipinski definition) is 4. The number of pyridine rings is 1. The van der Waals surface area contributed by atoms with Crippen molar-refractivity contribution in [3.05, 3.63) is 70.3 Å². The Labute approximate surface area is 420 Å². The number of aromatic nitrogens is 2. The van der Waals surface area contributed by atoms with E-state index in [0.29, 0.717) is 36.4 Å². The van der Waals surface area contributed by atoms with E-state index in [4.69, 9.17) is 14.5 Å². The standard InChI is InChI=1S/C50H73N7O9S3/c1-9-15-45(60)66-31-57(49(63)39(33(5)10-2)29-43(59)41-16-12-14-23-56(41)8)42(32(3)4)27-35(7)48-53-40(30-67-48)47(62)52-37(28-36-18-20-38(58)21-19-36)26-34(6)46(61)54-55-50(64)65-24-25-68-69-44-17-11-13-22-51-44/h11,13,17-22,30,32-35,37,39,41-42,58H,9-10,12,14-16,23-29,31H2,1-8H3,(H,52,62)(H,54,61)(H,55,64)/t33?,34-,35+,37+,39-,41+,42+/m0/s1. The van der Waals surface area contributed by atoms with E-state index in [1.54, 1.807) is 47.7 Å². The van der Waals surface area contributed by atoms with E-state index >= 15 is 0 Å². The molecule has 69 heavy (non-hydrogen) atoms. The van der Waals surface area contributed by atoms with E-state index in [0.717, 1.165) is 36.4 Å². The predicted octanol–water partition coefficient (Wildman–Crippen LogP) is 8.56. The molecule has 380 valence electrons. The highest BCUT2D eigenvalue weighted by atomic mass is 33.1. The van der Waals surface area contributed by atoms with Crippen LogP contribution in [0.15, 0.2) is 59.1 Å². The van der Waals surface area contributed by atoms with Gasteiger partial charge in [-0.25, -0.2) is 20.2 Å². The number of ether oxygens (including phenoxy) is 2. The highest BCUT2D eigenvalue weighted by Gasteiger charge is 2.39. The number of thiazole rings is 1. The fourth-order valence-electron chi connectivity index (χ4n) is 8.29. The Morgan fingerprint density at radius 1 is 0.971 bits per heavy atom. The highest BCUT2D eigenvalue weighted by Crippen LogP contribution is 2.33. The molecule has 16 nitrogen and oxygen atoms in total. The van der Waals surface area contributed by atoms with Crippen molar-refractivity contribution < 1.29 is 43.3 Å². The van der Waals surface area contributed by atoms with Crippen LogP contribution in [0.4, 0.5) is 4.79 Å². The van der Waals surface area contributed by atoms with Gasteiger partial charge < -0.3 is 24.8 Å². The van der Waals surface area contributed by atoms with Gasteiger partial charge in [0.25, 0.3) is 5.91 Å². The monoisotopic (exact) mass is 1010 g/mol. The minimum atomic E-state index is -0.805. The first kappa shape index (κ1) is 56.9. The molecule has 1 unspecified atom stereocenters. The van der Waals surface area contributed by atoms with E-state index in [2.05, 4.69) is 26.1 Å². The van der Waals surface area contributed by atoms with Gasteiger partial charge in [-0.1, -0.05) is 90.3 Å². The van der Waals surface area contributed by atoms with Gasteiger partial charge in [0, 0.05) is 60.0 Å². The number of hydrogen-bond acceptors (Lipinski definition) is 15. The Kier molecular flexibility index (Phi) is 24.3. The molecule has 0 bridgehead atoms. The number of esters is 1. The minimum absolute atomic E-state index is 0.0612. The molecule has 1 fully saturated rings. The van der Waals surface area contributed by atoms with Crippen LogP contribution in [0.25, 0.3) is 0 Å². The number of carbonyl (C=O) groups is 6. The lowest BCUT2D eigenvalue weighted by atomic mass is 9.82. The fraction of sp³-hybridized carbons (Fsp3) is 0.600. The van der Waals surface area contributed by atoms with Crippen molar-refractivity contribution in [2.24, 2.45) is 23.7 Å². The summed E-state index contributed by atoms with van der Waals surface area (Å²) in [6, 6.07) is 11.0. The van der Waals surface area contributed by atoms with E-state index in [1.165, 1.54) is 32.9 Å². The first-order chi connectivity index (χ1) is 33.0. The Bertz CT molecular complexity index is 2090. The molecule has 0 saturated carbocycles. The van der Waals surface area contributed by atoms with E-state index in [1.807, 2.05) is 66.8 Å². The van der Waals surface area contributed by atoms with Crippen molar-refractivity contribution in [1.82, 2.24) is 35.9 Å². The SMILES string of the molecule is CCCC(=O)OCN(C(=O)[C@@H](CC(=O)[C@H]1CCCCN1C)C(C)CC)[C@H](C[C@@H](C)c1nc(C(=O)N[C@@H](Cc2ccc(O)cc2)C[C@H](C)C(=O)NNC(=O)OCCSSc2ccccn2)cs1)C(C)C. The number of likely N-dealkylation sites (tertiary alicyclic amines) is 1. The zero-order chi connectivity index (χ0) is 50.5. The second-order valence-electron chi connectivity index (χ2n) is 18.4. The molecule has 3 aromatic rings. The Hall–Kier alpha value is -4.72. The van der Waals surface area contributed by atoms with Gasteiger partial charge in [0.1, 0.15) is 23.1 Å². The molecular weight excluding hydrogens is 939 g/mol. The van der Waals surface area contributed by atoms with E-state index < -0.39 is 41.8 Å². The first-order valence-electron chi connectivity index (χ1n) is 24.2. The van der Waals surface area contributed by atoms with Crippen LogP contribution >= 0.6 is 32.9 Å². The lowest BCUT2D eigenvalue weighted by Gasteiger charge is -2.39. The number of piperidine rings is 1. The number of benzene rings is 1. The van der Waals surface area contributed by atoms with Gasteiger partial charge in [0.05, 0.1) is 11.0 Å². The molecule has 0 aliphatic carbocycles. The molecule has 4 amide bonds. The minimum Gasteiger partial charge on any atom is -0.508 e. The fourth-order valence-corrected chi connectivity index (χ4v) is 10.9. The number of hydrazine groups is 1. The number of ketones is 1. The van der Waals surface area contributed by atoms with Gasteiger partial charge in [0.15, 0.2) is 12.5 Å². The van der Waals surface area contributed by atoms with Crippen LogP contribution in [0.3, 0.4) is 0 Å². The molecule has 4 rings (SSSR count). The van der Waals surface area contributed by atoms with Gasteiger partial charge >= 0.3 is 12.1 Å². The number of likely N-dealkylation sites (N-methyl/N-ethyl adjacent to an activating group) is 1. The molecule has 3 heterocycles. The van der Waals surface area contributed by atoms with Crippen LogP contribution in [0.1, 0.15) is 133 Å². The van der Waals surface area contributed by atoms with Gasteiger partial charge in [-0.15, -0.1) is 11.3 Å². The summed E-state index contributed by atoms with van der Waals surface area (Å²) in [5.74, 6) is -2.46. The third kappa shape index (κ3) is 18.8. The molecule has 1 aromatic carbocycles. The average molecular weight is 1010 g/mol. The number of rotatable bonds is 27. The van der Waals surface area contributed by atoms with Crippen molar-refractivity contribution in [1.29, 1.82) is 0 Å². The number of nitrogens with one attached hydrogen (secondary N) is 3. The summed E-state index contributed by atoms with van der Waals surface area (Å²) in [7, 11) is 4.92. The number of carbonyl (C=O) groups excluding carboxylic acids is 6. The molecule has 1 aliphatic rings. The smallest absolute Gasteiger partial charge is 0.426 e. The largest absolute Gasteiger partial charge is 0.508 e. The topological polar surface area (TPSA) is 209 Å². The van der Waals surface area contributed by atoms with E-state index in [-0.39, 0.29) is 85.6 Å². The summed E-state index contributed by atoms with van der Waals surface area (Å²) in [4.78, 5) is 93.6. The van der Waals surface area contributed by atoms with Crippen LogP contribution in [-0.4, -0.2) is 111 Å². The number of Topliss-reactive ketones (excluding diaryl/α,β-unsaturated/α-hetero) is 1. The number of phenols is 1. The lowest BCUT2D eigenvalue weighted by Crippen LogP contribution is -2.50. The Morgan fingerprint density at radius 3 is 2.39 bits per heavy atom. The lowest BCUT2D eigenvalue weighted by molar-refractivity contribution is -0.160. The molecule has 0 radical (unpaired) electrons. The number of phenolic OH excluding ortho intramolecular Hbond substituents is 1. The normalized spacial score (nSPS) is 16.6. The van der Waals surface area contributed by atoms with Crippen molar-refractivity contribution in [3.8, 4) is 5.75 Å². The van der Waals surface area contributed by atoms with Crippen LogP contribution < -0.4 is 16.2 Å². The van der Waals surface area contributed by atoms with Crippen LogP contribution in [0.5, 0.6) is 5.75 Å². The number of aromatic hydroxyl groups is 1. The molecule has 2 aromatic heterocycles. The highest BCUT2D eigenvalue weighted by molar-refractivity contribution is 8.76. The number of amides is 4. The number of nitrogens with zero attached hydrogens (tertiary/aromatic N) is 4. The quantitative estimate of drug-likeness (QED) is 0.0186. The Morgan fingerprint density at radius 2 is 1.72 bits per heavy atom. The zero-order valence-electron chi connectivity index (χ0n) is 41.4. The van der Waals surface area contributed by atoms with Crippen molar-refractivity contribution in [2.45, 2.75) is 142 Å². The zero-order valence-corrected chi connectivity index (χ0v) is 43.9. The van der Waals surface area contributed by atoms with Crippen molar-refractivity contribution in [3.63, 3.8) is 0 Å². The average Bonchev–Trinajstić information content (AvgIpc) is 3.84. The predicted molar refractivity (Wildman–Crippen MR) is 271 cm³/mol. The summed E-state index contributed by atoms with van der Waals surface area (Å²) in [5.41, 5.74) is 5.72. The van der Waals surface area contributed by atoms with Gasteiger partial charge in [-0.2, -0.15) is 0 Å². The summed E-state index contributed by atoms with van der Waals surface area (Å²) >= 11 is 1.33. The summed E-state index contributed by atoms with van der Waals surface area (Å²) in [6.45, 7) is 14.4. The first-order valence-corrected chi connectivity index (χ1v) is 27.4. The second kappa shape index (κ2) is 29.5. The molecule has 19 heteroatoms. The second-order valence-corrected chi connectivity index (χ2v) is 21.7. The summed E-state index contributed by atoms with van der Waals surface area (Å²) in [6.07, 6.45) is 6.32. The molecule has 1 aliphatic heterocycles. The van der Waals surface area contributed by atoms with Gasteiger partial charge in [-0.05, 0) is 105 Å². The molecule has 1 saturated heterocycles. The molecular formula is C50H73N7O9S3. The van der Waals surface area contributed by atoms with Gasteiger partial charge in [0.2, 0.25) is 11.8 Å².